The van der Waals surface area contributed by atoms with Crippen molar-refractivity contribution in [2.45, 2.75) is 6.92 Å². The van der Waals surface area contributed by atoms with Crippen LogP contribution in [0, 0.1) is 6.92 Å². The average molecular weight is 356 g/mol. The summed E-state index contributed by atoms with van der Waals surface area (Å²) in [7, 11) is 0. The quantitative estimate of drug-likeness (QED) is 0.373. The van der Waals surface area contributed by atoms with Crippen LogP contribution < -0.4 is 10.5 Å². The lowest BCUT2D eigenvalue weighted by Gasteiger charge is -2.12. The number of oxime groups is 1. The van der Waals surface area contributed by atoms with Gasteiger partial charge in [-0.3, -0.25) is 0 Å². The summed E-state index contributed by atoms with van der Waals surface area (Å²) in [5.41, 5.74) is 7.14. The maximum absolute atomic E-state index is 8.82. The lowest BCUT2D eigenvalue weighted by Crippen LogP contribution is -2.14. The Morgan fingerprint density at radius 3 is 2.70 bits per heavy atom. The Hall–Kier alpha value is -1.72. The van der Waals surface area contributed by atoms with Crippen LogP contribution in [0.25, 0.3) is 0 Å². The number of halogens is 2. The summed E-state index contributed by atoms with van der Waals surface area (Å²) in [6.07, 6.45) is 0. The van der Waals surface area contributed by atoms with E-state index in [9.17, 15) is 0 Å². The molecule has 6 heteroatoms. The van der Waals surface area contributed by atoms with Crippen molar-refractivity contribution in [3.05, 3.63) is 57.0 Å². The fourth-order valence-electron chi connectivity index (χ4n) is 1.65. The lowest BCUT2D eigenvalue weighted by molar-refractivity contribution is 0.318. The Labute approximate surface area is 129 Å². The molecule has 2 rings (SSSR count). The molecular formula is C14H12BrClN2O2. The Morgan fingerprint density at radius 1 is 1.25 bits per heavy atom. The van der Waals surface area contributed by atoms with E-state index in [0.29, 0.717) is 22.1 Å². The second-order valence-electron chi connectivity index (χ2n) is 4.16. The third kappa shape index (κ3) is 3.23. The molecule has 2 aromatic rings. The molecule has 0 amide bonds. The minimum Gasteiger partial charge on any atom is -0.455 e. The molecule has 0 aromatic heterocycles. The molecule has 3 N–H and O–H groups in total. The highest BCUT2D eigenvalue weighted by Crippen LogP contribution is 2.33. The predicted octanol–water partition coefficient (Wildman–Crippen LogP) is 4.30. The van der Waals surface area contributed by atoms with E-state index in [1.807, 2.05) is 19.1 Å². The molecular weight excluding hydrogens is 344 g/mol. The summed E-state index contributed by atoms with van der Waals surface area (Å²) < 4.78 is 6.60. The zero-order valence-electron chi connectivity index (χ0n) is 10.6. The SMILES string of the molecule is Cc1ccc(Cl)c(Oc2cc(Br)ccc2/C(N)=N/O)c1. The molecule has 0 aliphatic rings. The van der Waals surface area contributed by atoms with E-state index >= 15 is 0 Å². The summed E-state index contributed by atoms with van der Waals surface area (Å²) in [4.78, 5) is 0. The standard InChI is InChI=1S/C14H12BrClN2O2/c1-8-2-5-11(16)13(6-8)20-12-7-9(15)3-4-10(12)14(17)18-19/h2-7,19H,1H3,(H2,17,18). The number of amidine groups is 1. The molecule has 0 bridgehead atoms. The van der Waals surface area contributed by atoms with Crippen molar-refractivity contribution < 1.29 is 9.94 Å². The van der Waals surface area contributed by atoms with Crippen molar-refractivity contribution in [1.82, 2.24) is 0 Å². The van der Waals surface area contributed by atoms with Crippen LogP contribution in [0.1, 0.15) is 11.1 Å². The van der Waals surface area contributed by atoms with Crippen LogP contribution in [0.15, 0.2) is 46.0 Å². The van der Waals surface area contributed by atoms with Crippen LogP contribution >= 0.6 is 27.5 Å². The Balaban J connectivity index is 2.47. The maximum atomic E-state index is 8.82. The third-order valence-electron chi connectivity index (χ3n) is 2.63. The van der Waals surface area contributed by atoms with Crippen molar-refractivity contribution in [1.29, 1.82) is 0 Å². The van der Waals surface area contributed by atoms with Gasteiger partial charge in [0.1, 0.15) is 11.5 Å². The monoisotopic (exact) mass is 354 g/mol. The van der Waals surface area contributed by atoms with Gasteiger partial charge in [0.15, 0.2) is 5.84 Å². The minimum absolute atomic E-state index is 0.0312. The van der Waals surface area contributed by atoms with Crippen LogP contribution in [0.3, 0.4) is 0 Å². The van der Waals surface area contributed by atoms with Crippen LogP contribution in [0.2, 0.25) is 5.02 Å². The largest absolute Gasteiger partial charge is 0.455 e. The summed E-state index contributed by atoms with van der Waals surface area (Å²) in [5, 5.41) is 12.3. The van der Waals surface area contributed by atoms with Crippen molar-refractivity contribution >= 4 is 33.4 Å². The number of hydrogen-bond acceptors (Lipinski definition) is 3. The van der Waals surface area contributed by atoms with Gasteiger partial charge < -0.3 is 15.7 Å². The molecule has 0 saturated carbocycles. The van der Waals surface area contributed by atoms with Crippen molar-refractivity contribution in [3.8, 4) is 11.5 Å². The first-order valence-electron chi connectivity index (χ1n) is 5.72. The fraction of sp³-hybridized carbons (Fsp3) is 0.0714. The Morgan fingerprint density at radius 2 is 2.00 bits per heavy atom. The molecule has 0 aliphatic carbocycles. The smallest absolute Gasteiger partial charge is 0.173 e. The van der Waals surface area contributed by atoms with Gasteiger partial charge in [-0.15, -0.1) is 0 Å². The van der Waals surface area contributed by atoms with E-state index in [2.05, 4.69) is 21.1 Å². The van der Waals surface area contributed by atoms with Crippen molar-refractivity contribution in [2.24, 2.45) is 10.9 Å². The molecule has 0 radical (unpaired) electrons. The second kappa shape index (κ2) is 6.15. The molecule has 0 unspecified atom stereocenters. The van der Waals surface area contributed by atoms with E-state index in [-0.39, 0.29) is 5.84 Å². The lowest BCUT2D eigenvalue weighted by atomic mass is 10.2. The van der Waals surface area contributed by atoms with E-state index in [4.69, 9.17) is 27.3 Å². The molecule has 0 spiro atoms. The molecule has 0 atom stereocenters. The van der Waals surface area contributed by atoms with Gasteiger partial charge in [0.2, 0.25) is 0 Å². The van der Waals surface area contributed by atoms with Gasteiger partial charge in [0, 0.05) is 4.47 Å². The van der Waals surface area contributed by atoms with Crippen molar-refractivity contribution in [3.63, 3.8) is 0 Å². The highest BCUT2D eigenvalue weighted by atomic mass is 79.9. The molecule has 0 aliphatic heterocycles. The van der Waals surface area contributed by atoms with Gasteiger partial charge in [0.05, 0.1) is 10.6 Å². The van der Waals surface area contributed by atoms with Crippen LogP contribution in [-0.2, 0) is 0 Å². The van der Waals surface area contributed by atoms with E-state index in [1.54, 1.807) is 24.3 Å². The molecule has 20 heavy (non-hydrogen) atoms. The van der Waals surface area contributed by atoms with Gasteiger partial charge in [-0.05, 0) is 42.8 Å². The number of nitrogens with two attached hydrogens (primary N) is 1. The fourth-order valence-corrected chi connectivity index (χ4v) is 2.15. The molecule has 0 fully saturated rings. The summed E-state index contributed by atoms with van der Waals surface area (Å²) in [5.74, 6) is 0.926. The zero-order valence-corrected chi connectivity index (χ0v) is 12.9. The number of rotatable bonds is 3. The summed E-state index contributed by atoms with van der Waals surface area (Å²) in [6.45, 7) is 1.94. The van der Waals surface area contributed by atoms with E-state index < -0.39 is 0 Å². The summed E-state index contributed by atoms with van der Waals surface area (Å²) >= 11 is 9.46. The summed E-state index contributed by atoms with van der Waals surface area (Å²) in [6, 6.07) is 10.7. The van der Waals surface area contributed by atoms with Crippen LogP contribution in [0.5, 0.6) is 11.5 Å². The van der Waals surface area contributed by atoms with Gasteiger partial charge >= 0.3 is 0 Å². The molecule has 104 valence electrons. The highest BCUT2D eigenvalue weighted by Gasteiger charge is 2.12. The number of ether oxygens (including phenoxy) is 1. The zero-order chi connectivity index (χ0) is 14.7. The number of hydrogen-bond donors (Lipinski definition) is 2. The van der Waals surface area contributed by atoms with Crippen molar-refractivity contribution in [2.75, 3.05) is 0 Å². The van der Waals surface area contributed by atoms with E-state index in [0.717, 1.165) is 10.0 Å². The first-order valence-corrected chi connectivity index (χ1v) is 6.90. The molecule has 0 saturated heterocycles. The average Bonchev–Trinajstić information content (AvgIpc) is 2.42. The van der Waals surface area contributed by atoms with Crippen LogP contribution in [-0.4, -0.2) is 11.0 Å². The normalized spacial score (nSPS) is 11.4. The van der Waals surface area contributed by atoms with Gasteiger partial charge in [-0.1, -0.05) is 38.8 Å². The Kier molecular flexibility index (Phi) is 4.52. The number of aryl methyl sites for hydroxylation is 1. The highest BCUT2D eigenvalue weighted by molar-refractivity contribution is 9.10. The van der Waals surface area contributed by atoms with E-state index in [1.165, 1.54) is 0 Å². The minimum atomic E-state index is -0.0312. The third-order valence-corrected chi connectivity index (χ3v) is 3.44. The maximum Gasteiger partial charge on any atom is 0.173 e. The van der Waals surface area contributed by atoms with Gasteiger partial charge in [-0.25, -0.2) is 0 Å². The van der Waals surface area contributed by atoms with Gasteiger partial charge in [-0.2, -0.15) is 0 Å². The van der Waals surface area contributed by atoms with Gasteiger partial charge in [0.25, 0.3) is 0 Å². The molecule has 2 aromatic carbocycles. The molecule has 0 heterocycles. The number of benzene rings is 2. The predicted molar refractivity (Wildman–Crippen MR) is 82.9 cm³/mol. The Bertz CT molecular complexity index is 674. The number of nitrogens with zero attached hydrogens (tertiary/aromatic N) is 1. The first kappa shape index (κ1) is 14.7. The molecule has 4 nitrogen and oxygen atoms in total. The first-order chi connectivity index (χ1) is 9.51. The topological polar surface area (TPSA) is 67.8 Å². The van der Waals surface area contributed by atoms with Crippen LogP contribution in [0.4, 0.5) is 0 Å². The second-order valence-corrected chi connectivity index (χ2v) is 5.48.